The van der Waals surface area contributed by atoms with Gasteiger partial charge in [0.15, 0.2) is 0 Å². The number of hydrogen-bond donors (Lipinski definition) is 1. The molecule has 1 atom stereocenters. The molecule has 1 fully saturated rings. The van der Waals surface area contributed by atoms with Crippen molar-refractivity contribution < 1.29 is 14.6 Å². The molecule has 98 valence electrons. The fraction of sp³-hybridized carbons (Fsp3) is 0.857. The van der Waals surface area contributed by atoms with Crippen molar-refractivity contribution in [2.24, 2.45) is 0 Å². The van der Waals surface area contributed by atoms with Crippen molar-refractivity contribution >= 4 is 0 Å². The molecule has 0 amide bonds. The van der Waals surface area contributed by atoms with Crippen LogP contribution in [0.15, 0.2) is 11.8 Å². The third-order valence-electron chi connectivity index (χ3n) is 4.09. The zero-order valence-electron chi connectivity index (χ0n) is 10.8. The van der Waals surface area contributed by atoms with Crippen LogP contribution in [-0.4, -0.2) is 30.5 Å². The Kier molecular flexibility index (Phi) is 4.46. The number of rotatable bonds is 3. The Morgan fingerprint density at radius 1 is 1.24 bits per heavy atom. The highest BCUT2D eigenvalue weighted by Crippen LogP contribution is 2.36. The zero-order chi connectivity index (χ0) is 12.1. The molecule has 3 heteroatoms. The summed E-state index contributed by atoms with van der Waals surface area (Å²) in [6, 6.07) is 0. The maximum Gasteiger partial charge on any atom is 0.139 e. The lowest BCUT2D eigenvalue weighted by atomic mass is 9.86. The maximum absolute atomic E-state index is 10.6. The van der Waals surface area contributed by atoms with E-state index in [2.05, 4.69) is 0 Å². The van der Waals surface area contributed by atoms with Crippen molar-refractivity contribution in [2.45, 2.75) is 63.1 Å². The first kappa shape index (κ1) is 12.9. The summed E-state index contributed by atoms with van der Waals surface area (Å²) in [5.41, 5.74) is -0.417. The Balaban J connectivity index is 2.11. The molecule has 0 radical (unpaired) electrons. The standard InChI is InChI=1S/C14H24O3/c1-16-14(9-5-2-3-6-10-14)13(15)12-8-4-7-11-17-12/h8,13,15H,2-7,9-11H2,1H3. The van der Waals surface area contributed by atoms with Crippen LogP contribution in [0.4, 0.5) is 0 Å². The molecule has 1 aliphatic heterocycles. The molecule has 0 aromatic rings. The maximum atomic E-state index is 10.6. The monoisotopic (exact) mass is 240 g/mol. The third kappa shape index (κ3) is 2.83. The Hall–Kier alpha value is -0.540. The van der Waals surface area contributed by atoms with Crippen molar-refractivity contribution in [1.82, 2.24) is 0 Å². The number of ether oxygens (including phenoxy) is 2. The van der Waals surface area contributed by atoms with Crippen LogP contribution in [0.3, 0.4) is 0 Å². The lowest BCUT2D eigenvalue weighted by Gasteiger charge is -2.37. The van der Waals surface area contributed by atoms with Gasteiger partial charge in [-0.1, -0.05) is 25.7 Å². The summed E-state index contributed by atoms with van der Waals surface area (Å²) < 4.78 is 11.3. The molecule has 1 N–H and O–H groups in total. The molecule has 2 rings (SSSR count). The van der Waals surface area contributed by atoms with Crippen LogP contribution in [0.2, 0.25) is 0 Å². The van der Waals surface area contributed by atoms with Crippen LogP contribution in [0.1, 0.15) is 51.4 Å². The first-order chi connectivity index (χ1) is 8.28. The first-order valence-electron chi connectivity index (χ1n) is 6.84. The number of methoxy groups -OCH3 is 1. The van der Waals surface area contributed by atoms with Gasteiger partial charge >= 0.3 is 0 Å². The van der Waals surface area contributed by atoms with Crippen LogP contribution in [0.25, 0.3) is 0 Å². The molecule has 2 aliphatic rings. The van der Waals surface area contributed by atoms with Gasteiger partial charge in [0, 0.05) is 7.11 Å². The van der Waals surface area contributed by atoms with Gasteiger partial charge in [-0.05, 0) is 31.8 Å². The molecule has 1 heterocycles. The van der Waals surface area contributed by atoms with E-state index in [9.17, 15) is 5.11 Å². The lowest BCUT2D eigenvalue weighted by Crippen LogP contribution is -2.45. The molecular weight excluding hydrogens is 216 g/mol. The summed E-state index contributed by atoms with van der Waals surface area (Å²) in [6.07, 6.45) is 10.1. The lowest BCUT2D eigenvalue weighted by molar-refractivity contribution is -0.114. The van der Waals surface area contributed by atoms with Crippen molar-refractivity contribution in [3.05, 3.63) is 11.8 Å². The normalized spacial score (nSPS) is 26.6. The summed E-state index contributed by atoms with van der Waals surface area (Å²) in [7, 11) is 1.72. The fourth-order valence-corrected chi connectivity index (χ4v) is 2.94. The van der Waals surface area contributed by atoms with Gasteiger partial charge in [-0.2, -0.15) is 0 Å². The molecule has 1 unspecified atom stereocenters. The van der Waals surface area contributed by atoms with E-state index in [0.29, 0.717) is 0 Å². The van der Waals surface area contributed by atoms with Gasteiger partial charge < -0.3 is 14.6 Å². The van der Waals surface area contributed by atoms with E-state index in [1.165, 1.54) is 12.8 Å². The smallest absolute Gasteiger partial charge is 0.139 e. The molecule has 1 saturated carbocycles. The average Bonchev–Trinajstić information content (AvgIpc) is 2.65. The van der Waals surface area contributed by atoms with Gasteiger partial charge in [-0.15, -0.1) is 0 Å². The van der Waals surface area contributed by atoms with Gasteiger partial charge in [-0.25, -0.2) is 0 Å². The SMILES string of the molecule is COC1(C(O)C2=CCCCO2)CCCCCC1. The van der Waals surface area contributed by atoms with E-state index in [-0.39, 0.29) is 0 Å². The second-order valence-electron chi connectivity index (χ2n) is 5.18. The second kappa shape index (κ2) is 5.87. The predicted octanol–water partition coefficient (Wildman–Crippen LogP) is 2.78. The van der Waals surface area contributed by atoms with E-state index >= 15 is 0 Å². The molecule has 0 saturated heterocycles. The van der Waals surface area contributed by atoms with Crippen molar-refractivity contribution in [3.8, 4) is 0 Å². The molecule has 1 aliphatic carbocycles. The third-order valence-corrected chi connectivity index (χ3v) is 4.09. The minimum absolute atomic E-state index is 0.417. The summed E-state index contributed by atoms with van der Waals surface area (Å²) in [5, 5.41) is 10.6. The molecular formula is C14H24O3. The fourth-order valence-electron chi connectivity index (χ4n) is 2.94. The first-order valence-corrected chi connectivity index (χ1v) is 6.84. The summed E-state index contributed by atoms with van der Waals surface area (Å²) in [5.74, 6) is 0.736. The number of aliphatic hydroxyl groups excluding tert-OH is 1. The van der Waals surface area contributed by atoms with Gasteiger partial charge in [0.25, 0.3) is 0 Å². The predicted molar refractivity (Wildman–Crippen MR) is 66.7 cm³/mol. The van der Waals surface area contributed by atoms with Crippen LogP contribution in [0, 0.1) is 0 Å². The highest BCUT2D eigenvalue weighted by Gasteiger charge is 2.41. The minimum atomic E-state index is -0.592. The molecule has 0 aromatic carbocycles. The van der Waals surface area contributed by atoms with E-state index in [1.54, 1.807) is 7.11 Å². The minimum Gasteiger partial charge on any atom is -0.495 e. The van der Waals surface area contributed by atoms with E-state index in [0.717, 1.165) is 50.9 Å². The Morgan fingerprint density at radius 2 is 1.94 bits per heavy atom. The van der Waals surface area contributed by atoms with Gasteiger partial charge in [0.2, 0.25) is 0 Å². The van der Waals surface area contributed by atoms with Gasteiger partial charge in [0.1, 0.15) is 17.5 Å². The largest absolute Gasteiger partial charge is 0.495 e. The number of allylic oxidation sites excluding steroid dienone is 1. The van der Waals surface area contributed by atoms with Crippen LogP contribution in [0.5, 0.6) is 0 Å². The molecule has 0 bridgehead atoms. The average molecular weight is 240 g/mol. The highest BCUT2D eigenvalue weighted by atomic mass is 16.5. The Labute approximate surface area is 104 Å². The van der Waals surface area contributed by atoms with E-state index < -0.39 is 11.7 Å². The van der Waals surface area contributed by atoms with Crippen LogP contribution in [-0.2, 0) is 9.47 Å². The molecule has 0 spiro atoms. The van der Waals surface area contributed by atoms with Crippen LogP contribution >= 0.6 is 0 Å². The van der Waals surface area contributed by atoms with E-state index in [4.69, 9.17) is 9.47 Å². The Bertz CT molecular complexity index is 265. The van der Waals surface area contributed by atoms with Gasteiger partial charge in [0.05, 0.1) is 6.61 Å². The second-order valence-corrected chi connectivity index (χ2v) is 5.18. The number of aliphatic hydroxyl groups is 1. The van der Waals surface area contributed by atoms with E-state index in [1.807, 2.05) is 6.08 Å². The summed E-state index contributed by atoms with van der Waals surface area (Å²) in [4.78, 5) is 0. The zero-order valence-corrected chi connectivity index (χ0v) is 10.8. The van der Waals surface area contributed by atoms with Gasteiger partial charge in [-0.3, -0.25) is 0 Å². The quantitative estimate of drug-likeness (QED) is 0.771. The van der Waals surface area contributed by atoms with Crippen molar-refractivity contribution in [1.29, 1.82) is 0 Å². The molecule has 17 heavy (non-hydrogen) atoms. The molecule has 0 aromatic heterocycles. The van der Waals surface area contributed by atoms with Crippen LogP contribution < -0.4 is 0 Å². The van der Waals surface area contributed by atoms with Crippen molar-refractivity contribution in [2.75, 3.05) is 13.7 Å². The summed E-state index contributed by atoms with van der Waals surface area (Å²) in [6.45, 7) is 0.725. The van der Waals surface area contributed by atoms with Crippen molar-refractivity contribution in [3.63, 3.8) is 0 Å². The highest BCUT2D eigenvalue weighted by molar-refractivity contribution is 5.10. The topological polar surface area (TPSA) is 38.7 Å². The summed E-state index contributed by atoms with van der Waals surface area (Å²) >= 11 is 0. The number of hydrogen-bond acceptors (Lipinski definition) is 3. The Morgan fingerprint density at radius 3 is 2.47 bits per heavy atom. The molecule has 3 nitrogen and oxygen atoms in total.